The fraction of sp³-hybridized carbons (Fsp3) is 0.452. The third-order valence-electron chi connectivity index (χ3n) is 7.16. The molecule has 1 fully saturated rings. The van der Waals surface area contributed by atoms with Crippen LogP contribution in [0.5, 0.6) is 0 Å². The maximum Gasteiger partial charge on any atom is 0.412 e. The lowest BCUT2D eigenvalue weighted by Crippen LogP contribution is -2.37. The predicted octanol–water partition coefficient (Wildman–Crippen LogP) is 5.36. The largest absolute Gasteiger partial charge is 0.465 e. The van der Waals surface area contributed by atoms with Gasteiger partial charge in [0.15, 0.2) is 4.80 Å². The molecule has 1 aliphatic rings. The number of rotatable bonds is 14. The molecule has 43 heavy (non-hydrogen) atoms. The Kier molecular flexibility index (Phi) is 12.4. The van der Waals surface area contributed by atoms with Crippen LogP contribution in [0.4, 0.5) is 31.2 Å². The average Bonchev–Trinajstić information content (AvgIpc) is 3.40. The zero-order valence-electron chi connectivity index (χ0n) is 24.6. The Morgan fingerprint density at radius 2 is 1.72 bits per heavy atom. The topological polar surface area (TPSA) is 111 Å². The van der Waals surface area contributed by atoms with Gasteiger partial charge < -0.3 is 29.9 Å². The Morgan fingerprint density at radius 1 is 1.02 bits per heavy atom. The van der Waals surface area contributed by atoms with E-state index in [2.05, 4.69) is 51.7 Å². The summed E-state index contributed by atoms with van der Waals surface area (Å²) in [5, 5.41) is 17.6. The summed E-state index contributed by atoms with van der Waals surface area (Å²) in [6.45, 7) is 7.09. The van der Waals surface area contributed by atoms with E-state index in [4.69, 9.17) is 4.74 Å². The second-order valence-corrected chi connectivity index (χ2v) is 11.1. The van der Waals surface area contributed by atoms with Crippen molar-refractivity contribution in [1.82, 2.24) is 15.2 Å². The van der Waals surface area contributed by atoms with E-state index in [1.807, 2.05) is 4.57 Å². The molecule has 232 valence electrons. The van der Waals surface area contributed by atoms with Crippen molar-refractivity contribution in [2.45, 2.75) is 45.6 Å². The SMILES string of the molecule is CCCCNC(=O)NCCCn1c(N(CCCc2ccc(N3CCOCC3)cc2)C(=O)O)csc1=Nc1ccc(F)cc1. The van der Waals surface area contributed by atoms with Gasteiger partial charge in [-0.15, -0.1) is 11.3 Å². The van der Waals surface area contributed by atoms with E-state index in [1.165, 1.54) is 34.1 Å². The van der Waals surface area contributed by atoms with E-state index >= 15 is 0 Å². The molecular weight excluding hydrogens is 571 g/mol. The molecular formula is C31H41FN6O4S. The highest BCUT2D eigenvalue weighted by Crippen LogP contribution is 2.21. The van der Waals surface area contributed by atoms with Crippen LogP contribution < -0.4 is 25.2 Å². The summed E-state index contributed by atoms with van der Waals surface area (Å²) >= 11 is 1.33. The summed E-state index contributed by atoms with van der Waals surface area (Å²) in [6.07, 6.45) is 2.82. The molecule has 1 aromatic heterocycles. The second-order valence-electron chi connectivity index (χ2n) is 10.3. The van der Waals surface area contributed by atoms with E-state index in [1.54, 1.807) is 17.5 Å². The van der Waals surface area contributed by atoms with Crippen LogP contribution in [0.2, 0.25) is 0 Å². The summed E-state index contributed by atoms with van der Waals surface area (Å²) in [5.74, 6) is 0.170. The number of hydrogen-bond donors (Lipinski definition) is 3. The maximum absolute atomic E-state index is 13.5. The van der Waals surface area contributed by atoms with Crippen LogP contribution in [-0.2, 0) is 17.7 Å². The minimum Gasteiger partial charge on any atom is -0.465 e. The van der Waals surface area contributed by atoms with Crippen LogP contribution in [-0.4, -0.2) is 67.7 Å². The zero-order valence-corrected chi connectivity index (χ0v) is 25.5. The van der Waals surface area contributed by atoms with E-state index in [0.717, 1.165) is 51.1 Å². The predicted molar refractivity (Wildman–Crippen MR) is 168 cm³/mol. The molecule has 1 aliphatic heterocycles. The number of unbranched alkanes of at least 4 members (excludes halogenated alkanes) is 1. The molecule has 0 radical (unpaired) electrons. The van der Waals surface area contributed by atoms with E-state index < -0.39 is 6.09 Å². The third kappa shape index (κ3) is 9.82. The maximum atomic E-state index is 13.5. The number of carbonyl (C=O) groups excluding carboxylic acids is 1. The Balaban J connectivity index is 1.43. The molecule has 0 spiro atoms. The van der Waals surface area contributed by atoms with Crippen LogP contribution in [0.15, 0.2) is 58.9 Å². The van der Waals surface area contributed by atoms with Crippen molar-refractivity contribution in [2.75, 3.05) is 55.7 Å². The van der Waals surface area contributed by atoms with Gasteiger partial charge >= 0.3 is 12.1 Å². The number of carboxylic acid groups (broad SMARTS) is 1. The van der Waals surface area contributed by atoms with Gasteiger partial charge in [0, 0.05) is 50.3 Å². The number of nitrogens with one attached hydrogen (secondary N) is 2. The Bertz CT molecular complexity index is 1370. The lowest BCUT2D eigenvalue weighted by atomic mass is 10.1. The smallest absolute Gasteiger partial charge is 0.412 e. The number of urea groups is 1. The molecule has 3 aromatic rings. The Morgan fingerprint density at radius 3 is 2.40 bits per heavy atom. The van der Waals surface area contributed by atoms with Crippen LogP contribution in [0, 0.1) is 5.82 Å². The number of aromatic nitrogens is 1. The standard InChI is InChI=1S/C31H41FN6O4S/c1-2-3-15-33-29(39)34-16-5-18-37-28(23-43-30(37)35-26-11-9-25(32)10-12-26)38(31(40)41)17-4-6-24-7-13-27(14-8-24)36-19-21-42-22-20-36/h7-14,23H,2-6,15-22H2,1H3,(H,40,41)(H2,33,34,39). The van der Waals surface area contributed by atoms with Crippen molar-refractivity contribution in [2.24, 2.45) is 4.99 Å². The van der Waals surface area contributed by atoms with Gasteiger partial charge in [-0.3, -0.25) is 4.90 Å². The van der Waals surface area contributed by atoms with Crippen LogP contribution in [0.25, 0.3) is 0 Å². The molecule has 10 nitrogen and oxygen atoms in total. The highest BCUT2D eigenvalue weighted by atomic mass is 32.1. The first-order valence-corrected chi connectivity index (χ1v) is 15.7. The average molecular weight is 613 g/mol. The van der Waals surface area contributed by atoms with Crippen molar-refractivity contribution in [3.63, 3.8) is 0 Å². The van der Waals surface area contributed by atoms with Crippen LogP contribution in [0.1, 0.15) is 38.2 Å². The number of nitrogens with zero attached hydrogens (tertiary/aromatic N) is 4. The monoisotopic (exact) mass is 612 g/mol. The number of anilines is 2. The van der Waals surface area contributed by atoms with Crippen molar-refractivity contribution in [3.8, 4) is 0 Å². The number of hydrogen-bond acceptors (Lipinski definition) is 6. The van der Waals surface area contributed by atoms with Gasteiger partial charge in [0.25, 0.3) is 0 Å². The third-order valence-corrected chi connectivity index (χ3v) is 8.01. The summed E-state index contributed by atoms with van der Waals surface area (Å²) in [4.78, 5) is 33.4. The summed E-state index contributed by atoms with van der Waals surface area (Å²) in [5.41, 5.74) is 2.89. The van der Waals surface area contributed by atoms with Gasteiger partial charge in [-0.05, 0) is 67.6 Å². The van der Waals surface area contributed by atoms with E-state index in [-0.39, 0.29) is 11.8 Å². The van der Waals surface area contributed by atoms with Gasteiger partial charge in [-0.2, -0.15) is 0 Å². The van der Waals surface area contributed by atoms with Gasteiger partial charge in [0.05, 0.1) is 18.9 Å². The summed E-state index contributed by atoms with van der Waals surface area (Å²) in [6, 6.07) is 14.1. The number of thiazole rings is 1. The van der Waals surface area contributed by atoms with Crippen LogP contribution in [0.3, 0.4) is 0 Å². The number of halogens is 1. The number of ether oxygens (including phenoxy) is 1. The van der Waals surface area contributed by atoms with Crippen molar-refractivity contribution >= 4 is 40.7 Å². The number of carbonyl (C=O) groups is 2. The first-order valence-electron chi connectivity index (χ1n) is 14.9. The zero-order chi connectivity index (χ0) is 30.4. The molecule has 0 unspecified atom stereocenters. The van der Waals surface area contributed by atoms with E-state index in [0.29, 0.717) is 55.3 Å². The van der Waals surface area contributed by atoms with Gasteiger partial charge in [0.1, 0.15) is 11.6 Å². The Labute approximate surface area is 255 Å². The van der Waals surface area contributed by atoms with Crippen LogP contribution >= 0.6 is 11.3 Å². The number of benzene rings is 2. The summed E-state index contributed by atoms with van der Waals surface area (Å²) < 4.78 is 20.8. The molecule has 0 bridgehead atoms. The minimum absolute atomic E-state index is 0.217. The molecule has 4 rings (SSSR count). The number of aryl methyl sites for hydroxylation is 1. The van der Waals surface area contributed by atoms with Crippen molar-refractivity contribution in [3.05, 3.63) is 70.1 Å². The van der Waals surface area contributed by atoms with Crippen molar-refractivity contribution < 1.29 is 23.8 Å². The molecule has 0 aliphatic carbocycles. The lowest BCUT2D eigenvalue weighted by Gasteiger charge is -2.29. The fourth-order valence-corrected chi connectivity index (χ4v) is 5.72. The summed E-state index contributed by atoms with van der Waals surface area (Å²) in [7, 11) is 0. The molecule has 0 atom stereocenters. The normalized spacial score (nSPS) is 13.6. The van der Waals surface area contributed by atoms with E-state index in [9.17, 15) is 19.1 Å². The molecule has 2 aromatic carbocycles. The molecule has 3 amide bonds. The molecule has 2 heterocycles. The lowest BCUT2D eigenvalue weighted by molar-refractivity contribution is 0.122. The number of morpholine rings is 1. The number of amides is 3. The molecule has 0 saturated carbocycles. The highest BCUT2D eigenvalue weighted by molar-refractivity contribution is 7.07. The molecule has 3 N–H and O–H groups in total. The Hall–Kier alpha value is -3.90. The fourth-order valence-electron chi connectivity index (χ4n) is 4.79. The first-order chi connectivity index (χ1) is 20.9. The van der Waals surface area contributed by atoms with Gasteiger partial charge in [-0.25, -0.2) is 19.0 Å². The van der Waals surface area contributed by atoms with Crippen molar-refractivity contribution in [1.29, 1.82) is 0 Å². The van der Waals surface area contributed by atoms with Gasteiger partial charge in [0.2, 0.25) is 0 Å². The first kappa shape index (κ1) is 32.0. The highest BCUT2D eigenvalue weighted by Gasteiger charge is 2.20. The minimum atomic E-state index is -1.05. The molecule has 12 heteroatoms. The quantitative estimate of drug-likeness (QED) is 0.212. The molecule has 1 saturated heterocycles. The second kappa shape index (κ2) is 16.7. The van der Waals surface area contributed by atoms with Gasteiger partial charge in [-0.1, -0.05) is 25.5 Å².